The van der Waals surface area contributed by atoms with Gasteiger partial charge < -0.3 is 10.2 Å². The number of carbonyl (C=O) groups is 1. The van der Waals surface area contributed by atoms with Crippen LogP contribution in [0.5, 0.6) is 0 Å². The van der Waals surface area contributed by atoms with Gasteiger partial charge in [0.15, 0.2) is 0 Å². The lowest BCUT2D eigenvalue weighted by Gasteiger charge is -2.25. The fraction of sp³-hybridized carbons (Fsp3) is 0.647. The fourth-order valence-electron chi connectivity index (χ4n) is 3.17. The van der Waals surface area contributed by atoms with E-state index in [1.807, 2.05) is 4.90 Å². The van der Waals surface area contributed by atoms with Crippen LogP contribution in [0.1, 0.15) is 38.5 Å². The van der Waals surface area contributed by atoms with Gasteiger partial charge in [-0.25, -0.2) is 18.1 Å². The lowest BCUT2D eigenvalue weighted by Crippen LogP contribution is -2.44. The van der Waals surface area contributed by atoms with E-state index in [0.717, 1.165) is 45.1 Å². The SMILES string of the molecule is O=C(NC1CC1)C1CCCN1c1ccc(S(=O)(=O)NCC2CC2)cn1. The molecule has 3 aliphatic rings. The first-order valence-corrected chi connectivity index (χ1v) is 10.5. The lowest BCUT2D eigenvalue weighted by molar-refractivity contribution is -0.122. The number of nitrogens with zero attached hydrogens (tertiary/aromatic N) is 2. The number of amides is 1. The van der Waals surface area contributed by atoms with Crippen molar-refractivity contribution in [3.8, 4) is 0 Å². The quantitative estimate of drug-likeness (QED) is 0.754. The molecule has 1 aromatic rings. The van der Waals surface area contributed by atoms with Crippen LogP contribution in [-0.4, -0.2) is 44.5 Å². The maximum Gasteiger partial charge on any atom is 0.242 e. The Morgan fingerprint density at radius 2 is 2.00 bits per heavy atom. The maximum atomic E-state index is 12.4. The molecule has 25 heavy (non-hydrogen) atoms. The normalized spacial score (nSPS) is 23.7. The first-order chi connectivity index (χ1) is 12.0. The molecule has 1 unspecified atom stereocenters. The number of anilines is 1. The second kappa shape index (κ2) is 6.57. The molecule has 8 heteroatoms. The van der Waals surface area contributed by atoms with Crippen molar-refractivity contribution >= 4 is 21.7 Å². The molecule has 7 nitrogen and oxygen atoms in total. The van der Waals surface area contributed by atoms with Crippen molar-refractivity contribution < 1.29 is 13.2 Å². The molecule has 0 bridgehead atoms. The Kier molecular flexibility index (Phi) is 4.41. The van der Waals surface area contributed by atoms with Gasteiger partial charge in [-0.1, -0.05) is 0 Å². The molecule has 1 atom stereocenters. The van der Waals surface area contributed by atoms with Crippen molar-refractivity contribution in [3.05, 3.63) is 18.3 Å². The topological polar surface area (TPSA) is 91.4 Å². The highest BCUT2D eigenvalue weighted by atomic mass is 32.2. The molecule has 1 aliphatic heterocycles. The number of pyridine rings is 1. The van der Waals surface area contributed by atoms with Gasteiger partial charge in [-0.05, 0) is 56.6 Å². The van der Waals surface area contributed by atoms with Crippen molar-refractivity contribution in [1.82, 2.24) is 15.0 Å². The van der Waals surface area contributed by atoms with Crippen LogP contribution >= 0.6 is 0 Å². The monoisotopic (exact) mass is 364 g/mol. The summed E-state index contributed by atoms with van der Waals surface area (Å²) in [4.78, 5) is 18.9. The van der Waals surface area contributed by atoms with Crippen LogP contribution in [0.3, 0.4) is 0 Å². The van der Waals surface area contributed by atoms with Gasteiger partial charge in [0.25, 0.3) is 0 Å². The summed E-state index contributed by atoms with van der Waals surface area (Å²) in [5.41, 5.74) is 0. The summed E-state index contributed by atoms with van der Waals surface area (Å²) in [7, 11) is -3.50. The standard InChI is InChI=1S/C17H24N4O3S/c22-17(20-13-5-6-13)15-2-1-9-21(15)16-8-7-14(11-18-16)25(23,24)19-10-12-3-4-12/h7-8,11-13,15,19H,1-6,9-10H2,(H,20,22). The number of sulfonamides is 1. The summed E-state index contributed by atoms with van der Waals surface area (Å²) in [6.07, 6.45) is 7.46. The highest BCUT2D eigenvalue weighted by Gasteiger charge is 2.34. The minimum absolute atomic E-state index is 0.0598. The third kappa shape index (κ3) is 3.95. The molecule has 1 amide bonds. The zero-order chi connectivity index (χ0) is 17.4. The van der Waals surface area contributed by atoms with Crippen LogP contribution in [0.4, 0.5) is 5.82 Å². The Labute approximate surface area is 148 Å². The largest absolute Gasteiger partial charge is 0.352 e. The number of hydrogen-bond acceptors (Lipinski definition) is 5. The first kappa shape index (κ1) is 16.8. The summed E-state index contributed by atoms with van der Waals surface area (Å²) in [6, 6.07) is 3.41. The van der Waals surface area contributed by atoms with Crippen molar-refractivity contribution in [2.24, 2.45) is 5.92 Å². The molecular weight excluding hydrogens is 340 g/mol. The summed E-state index contributed by atoms with van der Waals surface area (Å²) >= 11 is 0. The predicted octanol–water partition coefficient (Wildman–Crippen LogP) is 1.02. The van der Waals surface area contributed by atoms with Gasteiger partial charge in [-0.3, -0.25) is 4.79 Å². The van der Waals surface area contributed by atoms with Crippen molar-refractivity contribution in [2.75, 3.05) is 18.0 Å². The summed E-state index contributed by atoms with van der Waals surface area (Å²) in [5, 5.41) is 3.05. The average molecular weight is 364 g/mol. The van der Waals surface area contributed by atoms with Crippen molar-refractivity contribution in [1.29, 1.82) is 0 Å². The Morgan fingerprint density at radius 1 is 1.20 bits per heavy atom. The van der Waals surface area contributed by atoms with Gasteiger partial charge in [0.05, 0.1) is 0 Å². The molecule has 0 radical (unpaired) electrons. The smallest absolute Gasteiger partial charge is 0.242 e. The van der Waals surface area contributed by atoms with E-state index in [2.05, 4.69) is 15.0 Å². The van der Waals surface area contributed by atoms with Crippen LogP contribution in [0.15, 0.2) is 23.2 Å². The van der Waals surface area contributed by atoms with Gasteiger partial charge in [0.2, 0.25) is 15.9 Å². The fourth-order valence-corrected chi connectivity index (χ4v) is 4.23. The predicted molar refractivity (Wildman–Crippen MR) is 93.7 cm³/mol. The number of carbonyl (C=O) groups excluding carboxylic acids is 1. The number of hydrogen-bond donors (Lipinski definition) is 2. The maximum absolute atomic E-state index is 12.4. The third-order valence-corrected chi connectivity index (χ3v) is 6.47. The molecule has 1 aromatic heterocycles. The number of aromatic nitrogens is 1. The van der Waals surface area contributed by atoms with Gasteiger partial charge in [-0.2, -0.15) is 0 Å². The van der Waals surface area contributed by atoms with Crippen LogP contribution in [0.2, 0.25) is 0 Å². The highest BCUT2D eigenvalue weighted by molar-refractivity contribution is 7.89. The van der Waals surface area contributed by atoms with E-state index in [1.54, 1.807) is 12.1 Å². The molecule has 2 aliphatic carbocycles. The van der Waals surface area contributed by atoms with E-state index in [9.17, 15) is 13.2 Å². The van der Waals surface area contributed by atoms with E-state index < -0.39 is 10.0 Å². The Bertz CT molecular complexity index is 742. The van der Waals surface area contributed by atoms with Gasteiger partial charge in [0.1, 0.15) is 16.8 Å². The zero-order valence-corrected chi connectivity index (χ0v) is 15.0. The molecule has 2 N–H and O–H groups in total. The van der Waals surface area contributed by atoms with Crippen molar-refractivity contribution in [3.63, 3.8) is 0 Å². The average Bonchev–Trinajstić information content (AvgIpc) is 3.53. The van der Waals surface area contributed by atoms with Crippen LogP contribution < -0.4 is 14.9 Å². The third-order valence-electron chi connectivity index (χ3n) is 5.06. The molecule has 1 saturated heterocycles. The lowest BCUT2D eigenvalue weighted by atomic mass is 10.2. The minimum atomic E-state index is -3.50. The molecule has 2 saturated carbocycles. The second-order valence-electron chi connectivity index (χ2n) is 7.28. The Hall–Kier alpha value is -1.67. The first-order valence-electron chi connectivity index (χ1n) is 9.06. The van der Waals surface area contributed by atoms with E-state index in [4.69, 9.17) is 0 Å². The molecule has 4 rings (SSSR count). The molecular formula is C17H24N4O3S. The number of rotatable bonds is 7. The molecule has 0 spiro atoms. The van der Waals surface area contributed by atoms with Crippen molar-refractivity contribution in [2.45, 2.75) is 55.5 Å². The molecule has 136 valence electrons. The minimum Gasteiger partial charge on any atom is -0.352 e. The molecule has 3 fully saturated rings. The van der Waals surface area contributed by atoms with E-state index >= 15 is 0 Å². The van der Waals surface area contributed by atoms with Crippen LogP contribution in [0, 0.1) is 5.92 Å². The summed E-state index contributed by atoms with van der Waals surface area (Å²) < 4.78 is 27.2. The second-order valence-corrected chi connectivity index (χ2v) is 9.05. The van der Waals surface area contributed by atoms with Crippen LogP contribution in [-0.2, 0) is 14.8 Å². The van der Waals surface area contributed by atoms with Gasteiger partial charge in [-0.15, -0.1) is 0 Å². The molecule has 2 heterocycles. The van der Waals surface area contributed by atoms with Crippen LogP contribution in [0.25, 0.3) is 0 Å². The summed E-state index contributed by atoms with van der Waals surface area (Å²) in [6.45, 7) is 1.27. The number of nitrogens with one attached hydrogen (secondary N) is 2. The Morgan fingerprint density at radius 3 is 2.64 bits per heavy atom. The van der Waals surface area contributed by atoms with E-state index in [-0.39, 0.29) is 16.8 Å². The zero-order valence-electron chi connectivity index (χ0n) is 14.1. The highest BCUT2D eigenvalue weighted by Crippen LogP contribution is 2.29. The molecule has 0 aromatic carbocycles. The van der Waals surface area contributed by atoms with E-state index in [0.29, 0.717) is 24.3 Å². The summed E-state index contributed by atoms with van der Waals surface area (Å²) in [5.74, 6) is 1.21. The van der Waals surface area contributed by atoms with Gasteiger partial charge >= 0.3 is 0 Å². The van der Waals surface area contributed by atoms with E-state index in [1.165, 1.54) is 6.20 Å². The Balaban J connectivity index is 1.44. The van der Waals surface area contributed by atoms with Gasteiger partial charge in [0, 0.05) is 25.3 Å².